The van der Waals surface area contributed by atoms with Gasteiger partial charge in [0.15, 0.2) is 0 Å². The Morgan fingerprint density at radius 1 is 1.47 bits per heavy atom. The summed E-state index contributed by atoms with van der Waals surface area (Å²) in [6, 6.07) is 5.93. The van der Waals surface area contributed by atoms with Gasteiger partial charge in [0.05, 0.1) is 15.6 Å². The summed E-state index contributed by atoms with van der Waals surface area (Å²) in [6.45, 7) is 1.60. The van der Waals surface area contributed by atoms with Crippen LogP contribution in [0, 0.1) is 5.82 Å². The normalized spacial score (nSPS) is 12.3. The van der Waals surface area contributed by atoms with Gasteiger partial charge in [0, 0.05) is 17.8 Å². The van der Waals surface area contributed by atoms with Crippen LogP contribution < -0.4 is 4.74 Å². The molecular formula is C13H10BrClFNO2. The first kappa shape index (κ1) is 14.2. The second-order valence-electron chi connectivity index (χ2n) is 3.87. The van der Waals surface area contributed by atoms with Gasteiger partial charge in [0.2, 0.25) is 5.88 Å². The van der Waals surface area contributed by atoms with E-state index in [1.807, 2.05) is 0 Å². The predicted molar refractivity (Wildman–Crippen MR) is 74.1 cm³/mol. The maximum Gasteiger partial charge on any atom is 0.225 e. The first-order valence-corrected chi connectivity index (χ1v) is 6.61. The van der Waals surface area contributed by atoms with E-state index in [0.717, 1.165) is 6.07 Å². The Kier molecular flexibility index (Phi) is 4.39. The number of aliphatic hydroxyl groups is 1. The van der Waals surface area contributed by atoms with Gasteiger partial charge < -0.3 is 9.84 Å². The SMILES string of the molecule is C[C@H](O)c1cccnc1Oc1cc(F)c(Cl)cc1Br. The molecule has 1 N–H and O–H groups in total. The van der Waals surface area contributed by atoms with Crippen LogP contribution in [0.4, 0.5) is 4.39 Å². The molecule has 1 heterocycles. The van der Waals surface area contributed by atoms with E-state index >= 15 is 0 Å². The lowest BCUT2D eigenvalue weighted by Crippen LogP contribution is -1.98. The molecule has 0 radical (unpaired) electrons. The van der Waals surface area contributed by atoms with Gasteiger partial charge in [-0.05, 0) is 41.1 Å². The monoisotopic (exact) mass is 345 g/mol. The van der Waals surface area contributed by atoms with Gasteiger partial charge in [-0.25, -0.2) is 9.37 Å². The van der Waals surface area contributed by atoms with E-state index in [1.165, 1.54) is 12.3 Å². The van der Waals surface area contributed by atoms with Gasteiger partial charge in [0.25, 0.3) is 0 Å². The zero-order valence-corrected chi connectivity index (χ0v) is 12.2. The Balaban J connectivity index is 2.39. The Morgan fingerprint density at radius 2 is 2.21 bits per heavy atom. The molecule has 100 valence electrons. The largest absolute Gasteiger partial charge is 0.437 e. The quantitative estimate of drug-likeness (QED) is 0.833. The molecule has 0 aliphatic carbocycles. The van der Waals surface area contributed by atoms with E-state index in [4.69, 9.17) is 16.3 Å². The molecule has 0 saturated heterocycles. The molecule has 6 heteroatoms. The van der Waals surface area contributed by atoms with E-state index in [1.54, 1.807) is 19.1 Å². The molecule has 0 bridgehead atoms. The van der Waals surface area contributed by atoms with Crippen LogP contribution in [0.2, 0.25) is 5.02 Å². The van der Waals surface area contributed by atoms with Gasteiger partial charge in [-0.3, -0.25) is 0 Å². The molecule has 1 atom stereocenters. The lowest BCUT2D eigenvalue weighted by Gasteiger charge is -2.13. The lowest BCUT2D eigenvalue weighted by molar-refractivity contribution is 0.194. The molecule has 0 saturated carbocycles. The summed E-state index contributed by atoms with van der Waals surface area (Å²) < 4.78 is 19.4. The van der Waals surface area contributed by atoms with Crippen LogP contribution >= 0.6 is 27.5 Å². The van der Waals surface area contributed by atoms with Gasteiger partial charge in [-0.1, -0.05) is 11.6 Å². The zero-order chi connectivity index (χ0) is 14.0. The minimum absolute atomic E-state index is 0.00371. The molecule has 1 aromatic carbocycles. The van der Waals surface area contributed by atoms with Crippen LogP contribution in [0.5, 0.6) is 11.6 Å². The maximum absolute atomic E-state index is 13.4. The van der Waals surface area contributed by atoms with Gasteiger partial charge in [0.1, 0.15) is 11.6 Å². The van der Waals surface area contributed by atoms with Gasteiger partial charge in [-0.15, -0.1) is 0 Å². The summed E-state index contributed by atoms with van der Waals surface area (Å²) in [5, 5.41) is 9.62. The first-order chi connectivity index (χ1) is 8.99. The second kappa shape index (κ2) is 5.86. The summed E-state index contributed by atoms with van der Waals surface area (Å²) in [6.07, 6.45) is 0.793. The van der Waals surface area contributed by atoms with Crippen LogP contribution in [0.25, 0.3) is 0 Å². The van der Waals surface area contributed by atoms with Crippen molar-refractivity contribution in [3.63, 3.8) is 0 Å². The molecular weight excluding hydrogens is 337 g/mol. The van der Waals surface area contributed by atoms with Crippen molar-refractivity contribution in [2.24, 2.45) is 0 Å². The molecule has 2 rings (SSSR count). The minimum Gasteiger partial charge on any atom is -0.437 e. The number of pyridine rings is 1. The van der Waals surface area contributed by atoms with Crippen LogP contribution in [-0.2, 0) is 0 Å². The standard InChI is InChI=1S/C13H10BrClFNO2/c1-7(18)8-3-2-4-17-13(8)19-12-6-11(16)10(15)5-9(12)14/h2-7,18H,1H3/t7-/m0/s1. The topological polar surface area (TPSA) is 42.4 Å². The highest BCUT2D eigenvalue weighted by Crippen LogP contribution is 2.35. The van der Waals surface area contributed by atoms with Crippen molar-refractivity contribution in [3.8, 4) is 11.6 Å². The van der Waals surface area contributed by atoms with Crippen molar-refractivity contribution >= 4 is 27.5 Å². The second-order valence-corrected chi connectivity index (χ2v) is 5.13. The van der Waals surface area contributed by atoms with Crippen molar-refractivity contribution in [1.82, 2.24) is 4.98 Å². The number of ether oxygens (including phenoxy) is 1. The molecule has 0 unspecified atom stereocenters. The maximum atomic E-state index is 13.4. The zero-order valence-electron chi connectivity index (χ0n) is 9.90. The first-order valence-electron chi connectivity index (χ1n) is 5.44. The summed E-state index contributed by atoms with van der Waals surface area (Å²) >= 11 is 8.89. The molecule has 0 amide bonds. The summed E-state index contributed by atoms with van der Waals surface area (Å²) in [5.74, 6) is -0.128. The average molecular weight is 347 g/mol. The molecule has 2 aromatic rings. The molecule has 0 aliphatic rings. The van der Waals surface area contributed by atoms with Crippen molar-refractivity contribution in [2.75, 3.05) is 0 Å². The van der Waals surface area contributed by atoms with E-state index in [2.05, 4.69) is 20.9 Å². The van der Waals surface area contributed by atoms with E-state index in [-0.39, 0.29) is 16.7 Å². The number of aromatic nitrogens is 1. The fourth-order valence-electron chi connectivity index (χ4n) is 1.49. The van der Waals surface area contributed by atoms with Crippen molar-refractivity contribution in [3.05, 3.63) is 51.3 Å². The summed E-state index contributed by atoms with van der Waals surface area (Å²) in [7, 11) is 0. The third kappa shape index (κ3) is 3.23. The van der Waals surface area contributed by atoms with Crippen molar-refractivity contribution in [1.29, 1.82) is 0 Å². The summed E-state index contributed by atoms with van der Waals surface area (Å²) in [4.78, 5) is 4.03. The van der Waals surface area contributed by atoms with Crippen LogP contribution in [0.1, 0.15) is 18.6 Å². The molecule has 0 spiro atoms. The molecule has 3 nitrogen and oxygen atoms in total. The summed E-state index contributed by atoms with van der Waals surface area (Å²) in [5.41, 5.74) is 0.518. The number of aliphatic hydroxyl groups excluding tert-OH is 1. The Morgan fingerprint density at radius 3 is 2.89 bits per heavy atom. The molecule has 0 aliphatic heterocycles. The molecule has 1 aromatic heterocycles. The van der Waals surface area contributed by atoms with Gasteiger partial charge in [-0.2, -0.15) is 0 Å². The smallest absolute Gasteiger partial charge is 0.225 e. The van der Waals surface area contributed by atoms with E-state index in [9.17, 15) is 9.50 Å². The van der Waals surface area contributed by atoms with Gasteiger partial charge >= 0.3 is 0 Å². The van der Waals surface area contributed by atoms with Crippen LogP contribution in [0.3, 0.4) is 0 Å². The molecule has 0 fully saturated rings. The predicted octanol–water partition coefficient (Wildman–Crippen LogP) is 4.48. The van der Waals surface area contributed by atoms with E-state index in [0.29, 0.717) is 10.0 Å². The third-order valence-electron chi connectivity index (χ3n) is 2.43. The van der Waals surface area contributed by atoms with Crippen molar-refractivity contribution in [2.45, 2.75) is 13.0 Å². The van der Waals surface area contributed by atoms with Crippen LogP contribution in [0.15, 0.2) is 34.9 Å². The fraction of sp³-hybridized carbons (Fsp3) is 0.154. The highest BCUT2D eigenvalue weighted by Gasteiger charge is 2.14. The Bertz CT molecular complexity index is 607. The number of nitrogens with zero attached hydrogens (tertiary/aromatic N) is 1. The van der Waals surface area contributed by atoms with E-state index < -0.39 is 11.9 Å². The minimum atomic E-state index is -0.736. The highest BCUT2D eigenvalue weighted by molar-refractivity contribution is 9.10. The number of rotatable bonds is 3. The number of hydrogen-bond donors (Lipinski definition) is 1. The third-order valence-corrected chi connectivity index (χ3v) is 3.34. The number of benzene rings is 1. The molecule has 19 heavy (non-hydrogen) atoms. The number of halogens is 3. The fourth-order valence-corrected chi connectivity index (χ4v) is 2.21. The Hall–Kier alpha value is -1.17. The Labute approximate surface area is 123 Å². The number of hydrogen-bond acceptors (Lipinski definition) is 3. The average Bonchev–Trinajstić information content (AvgIpc) is 2.36. The lowest BCUT2D eigenvalue weighted by atomic mass is 10.2. The van der Waals surface area contributed by atoms with Crippen LogP contribution in [-0.4, -0.2) is 10.1 Å². The highest BCUT2D eigenvalue weighted by atomic mass is 79.9. The van der Waals surface area contributed by atoms with Crippen molar-refractivity contribution < 1.29 is 14.2 Å².